The maximum Gasteiger partial charge on any atom is 0.234 e. The van der Waals surface area contributed by atoms with Gasteiger partial charge in [-0.25, -0.2) is 0 Å². The second-order valence-electron chi connectivity index (χ2n) is 5.90. The van der Waals surface area contributed by atoms with Crippen LogP contribution in [-0.4, -0.2) is 36.0 Å². The van der Waals surface area contributed by atoms with E-state index in [4.69, 9.17) is 10.2 Å². The summed E-state index contributed by atoms with van der Waals surface area (Å²) in [7, 11) is 0. The van der Waals surface area contributed by atoms with Crippen molar-refractivity contribution in [3.8, 4) is 0 Å². The number of carbonyl (C=O) groups excluding carboxylic acids is 1. The summed E-state index contributed by atoms with van der Waals surface area (Å²) in [6, 6.07) is 4.54. The number of hydrogen-bond acceptors (Lipinski definition) is 4. The topological polar surface area (TPSA) is 71.5 Å². The van der Waals surface area contributed by atoms with Crippen LogP contribution in [-0.2, 0) is 11.3 Å². The second-order valence-corrected chi connectivity index (χ2v) is 5.90. The van der Waals surface area contributed by atoms with Crippen molar-refractivity contribution in [1.29, 1.82) is 0 Å². The molecule has 1 aliphatic rings. The molecule has 5 nitrogen and oxygen atoms in total. The van der Waals surface area contributed by atoms with Gasteiger partial charge in [0.1, 0.15) is 5.76 Å². The van der Waals surface area contributed by atoms with Crippen LogP contribution in [0.5, 0.6) is 0 Å². The molecule has 5 heteroatoms. The molecule has 0 saturated heterocycles. The number of nitrogens with zero attached hydrogens (tertiary/aromatic N) is 1. The van der Waals surface area contributed by atoms with Crippen LogP contribution in [0.1, 0.15) is 44.8 Å². The normalized spacial score (nSPS) is 22.4. The standard InChI is InChI=1S/C16H27N3O2/c1-2-9-19(14-7-5-13(17)6-8-14)12-16(20)18-11-15-4-3-10-21-15/h3-4,10,13-14H,2,5-9,11-12,17H2,1H3,(H,18,20). The lowest BCUT2D eigenvalue weighted by atomic mass is 9.90. The Bertz CT molecular complexity index is 411. The predicted octanol–water partition coefficient (Wildman–Crippen LogP) is 1.88. The van der Waals surface area contributed by atoms with Gasteiger partial charge in [0.15, 0.2) is 0 Å². The van der Waals surface area contributed by atoms with Crippen molar-refractivity contribution in [3.63, 3.8) is 0 Å². The fourth-order valence-corrected chi connectivity index (χ4v) is 2.98. The minimum atomic E-state index is 0.0646. The Balaban J connectivity index is 1.79. The average molecular weight is 293 g/mol. The highest BCUT2D eigenvalue weighted by atomic mass is 16.3. The van der Waals surface area contributed by atoms with Crippen LogP contribution < -0.4 is 11.1 Å². The van der Waals surface area contributed by atoms with E-state index < -0.39 is 0 Å². The van der Waals surface area contributed by atoms with E-state index in [0.29, 0.717) is 25.2 Å². The molecule has 0 aliphatic heterocycles. The van der Waals surface area contributed by atoms with E-state index in [9.17, 15) is 4.79 Å². The van der Waals surface area contributed by atoms with E-state index in [1.165, 1.54) is 0 Å². The molecule has 1 aromatic rings. The van der Waals surface area contributed by atoms with E-state index in [1.54, 1.807) is 6.26 Å². The van der Waals surface area contributed by atoms with Gasteiger partial charge in [-0.1, -0.05) is 6.92 Å². The Morgan fingerprint density at radius 1 is 1.43 bits per heavy atom. The van der Waals surface area contributed by atoms with Crippen molar-refractivity contribution in [2.45, 2.75) is 57.7 Å². The number of hydrogen-bond donors (Lipinski definition) is 2. The summed E-state index contributed by atoms with van der Waals surface area (Å²) in [5.41, 5.74) is 5.97. The summed E-state index contributed by atoms with van der Waals surface area (Å²) in [4.78, 5) is 14.4. The third-order valence-electron chi connectivity index (χ3n) is 4.16. The van der Waals surface area contributed by atoms with E-state index in [0.717, 1.165) is 44.4 Å². The molecule has 118 valence electrons. The van der Waals surface area contributed by atoms with Crippen LogP contribution in [0, 0.1) is 0 Å². The first-order valence-corrected chi connectivity index (χ1v) is 7.97. The van der Waals surface area contributed by atoms with Crippen molar-refractivity contribution in [3.05, 3.63) is 24.2 Å². The van der Waals surface area contributed by atoms with E-state index in [2.05, 4.69) is 17.1 Å². The first-order chi connectivity index (χ1) is 10.2. The van der Waals surface area contributed by atoms with Gasteiger partial charge in [0, 0.05) is 12.1 Å². The monoisotopic (exact) mass is 293 g/mol. The van der Waals surface area contributed by atoms with E-state index >= 15 is 0 Å². The zero-order chi connectivity index (χ0) is 15.1. The van der Waals surface area contributed by atoms with Crippen molar-refractivity contribution in [2.24, 2.45) is 5.73 Å². The van der Waals surface area contributed by atoms with Crippen LogP contribution >= 0.6 is 0 Å². The van der Waals surface area contributed by atoms with Crippen LogP contribution in [0.4, 0.5) is 0 Å². The summed E-state index contributed by atoms with van der Waals surface area (Å²) >= 11 is 0. The largest absolute Gasteiger partial charge is 0.467 e. The van der Waals surface area contributed by atoms with Crippen molar-refractivity contribution < 1.29 is 9.21 Å². The van der Waals surface area contributed by atoms with Gasteiger partial charge < -0.3 is 15.5 Å². The highest BCUT2D eigenvalue weighted by Gasteiger charge is 2.25. The van der Waals surface area contributed by atoms with Crippen molar-refractivity contribution >= 4 is 5.91 Å². The number of nitrogens with two attached hydrogens (primary N) is 1. The molecule has 1 aliphatic carbocycles. The maximum absolute atomic E-state index is 12.1. The molecule has 21 heavy (non-hydrogen) atoms. The molecule has 0 atom stereocenters. The molecule has 1 aromatic heterocycles. The summed E-state index contributed by atoms with van der Waals surface area (Å²) in [6.07, 6.45) is 7.03. The molecule has 2 rings (SSSR count). The van der Waals surface area contributed by atoms with Gasteiger partial charge in [0.25, 0.3) is 0 Å². The molecule has 1 saturated carbocycles. The highest BCUT2D eigenvalue weighted by Crippen LogP contribution is 2.22. The Morgan fingerprint density at radius 2 is 2.19 bits per heavy atom. The molecule has 0 unspecified atom stereocenters. The molecule has 0 radical (unpaired) electrons. The van der Waals surface area contributed by atoms with Gasteiger partial charge in [-0.2, -0.15) is 0 Å². The Morgan fingerprint density at radius 3 is 2.81 bits per heavy atom. The van der Waals surface area contributed by atoms with Crippen molar-refractivity contribution in [2.75, 3.05) is 13.1 Å². The van der Waals surface area contributed by atoms with E-state index in [-0.39, 0.29) is 5.91 Å². The lowest BCUT2D eigenvalue weighted by molar-refractivity contribution is -0.123. The van der Waals surface area contributed by atoms with Gasteiger partial charge >= 0.3 is 0 Å². The Hall–Kier alpha value is -1.33. The molecule has 1 fully saturated rings. The zero-order valence-corrected chi connectivity index (χ0v) is 12.9. The van der Waals surface area contributed by atoms with Crippen LogP contribution in [0.2, 0.25) is 0 Å². The smallest absolute Gasteiger partial charge is 0.234 e. The molecular formula is C16H27N3O2. The molecule has 0 bridgehead atoms. The Labute approximate surface area is 126 Å². The lowest BCUT2D eigenvalue weighted by Crippen LogP contribution is -2.46. The van der Waals surface area contributed by atoms with Crippen molar-refractivity contribution in [1.82, 2.24) is 10.2 Å². The molecule has 1 amide bonds. The quantitative estimate of drug-likeness (QED) is 0.805. The maximum atomic E-state index is 12.1. The zero-order valence-electron chi connectivity index (χ0n) is 12.9. The minimum absolute atomic E-state index is 0.0646. The van der Waals surface area contributed by atoms with Crippen LogP contribution in [0.3, 0.4) is 0 Å². The molecular weight excluding hydrogens is 266 g/mol. The summed E-state index contributed by atoms with van der Waals surface area (Å²) in [6.45, 7) is 4.05. The first-order valence-electron chi connectivity index (χ1n) is 7.97. The Kier molecular flexibility index (Phi) is 6.26. The number of nitrogens with one attached hydrogen (secondary N) is 1. The van der Waals surface area contributed by atoms with Gasteiger partial charge in [-0.15, -0.1) is 0 Å². The van der Waals surface area contributed by atoms with Gasteiger partial charge in [0.2, 0.25) is 5.91 Å². The predicted molar refractivity (Wildman–Crippen MR) is 82.7 cm³/mol. The minimum Gasteiger partial charge on any atom is -0.467 e. The first kappa shape index (κ1) is 16.0. The lowest BCUT2D eigenvalue weighted by Gasteiger charge is -2.35. The van der Waals surface area contributed by atoms with Crippen LogP contribution in [0.15, 0.2) is 22.8 Å². The highest BCUT2D eigenvalue weighted by molar-refractivity contribution is 5.77. The summed E-state index contributed by atoms with van der Waals surface area (Å²) < 4.78 is 5.22. The number of carbonyl (C=O) groups is 1. The molecule has 3 N–H and O–H groups in total. The third-order valence-corrected chi connectivity index (χ3v) is 4.16. The number of rotatable bonds is 7. The number of furan rings is 1. The fraction of sp³-hybridized carbons (Fsp3) is 0.688. The second kappa shape index (κ2) is 8.20. The SMILES string of the molecule is CCCN(CC(=O)NCc1ccco1)C1CCC(N)CC1. The van der Waals surface area contributed by atoms with Crippen LogP contribution in [0.25, 0.3) is 0 Å². The molecule has 0 aromatic carbocycles. The fourth-order valence-electron chi connectivity index (χ4n) is 2.98. The molecule has 1 heterocycles. The van der Waals surface area contributed by atoms with E-state index in [1.807, 2.05) is 12.1 Å². The third kappa shape index (κ3) is 5.17. The molecule has 0 spiro atoms. The van der Waals surface area contributed by atoms with Gasteiger partial charge in [-0.05, 0) is 50.8 Å². The number of amides is 1. The summed E-state index contributed by atoms with van der Waals surface area (Å²) in [5.74, 6) is 0.851. The van der Waals surface area contributed by atoms with Gasteiger partial charge in [0.05, 0.1) is 19.4 Å². The van der Waals surface area contributed by atoms with Gasteiger partial charge in [-0.3, -0.25) is 9.69 Å². The average Bonchev–Trinajstić information content (AvgIpc) is 2.99. The summed E-state index contributed by atoms with van der Waals surface area (Å²) in [5, 5.41) is 2.92.